The van der Waals surface area contributed by atoms with E-state index in [0.717, 1.165) is 12.1 Å². The van der Waals surface area contributed by atoms with Gasteiger partial charge in [0.05, 0.1) is 0 Å². The number of rotatable bonds is 4. The lowest BCUT2D eigenvalue weighted by Crippen LogP contribution is -2.44. The Kier molecular flexibility index (Phi) is 4.83. The topological polar surface area (TPSA) is 49.5 Å². The molecule has 106 valence electrons. The zero-order valence-corrected chi connectivity index (χ0v) is 12.0. The standard InChI is InChI=1S/C16H26N2O/c1-12(14-8-4-6-10-16(14)19)18(2)15-9-5-3-7-13(15)11-17/h4,6,8,10,12-13,15,19H,3,5,7,9,11,17H2,1-2H3. The highest BCUT2D eigenvalue weighted by Crippen LogP contribution is 2.34. The van der Waals surface area contributed by atoms with Crippen LogP contribution >= 0.6 is 0 Å². The monoisotopic (exact) mass is 262 g/mol. The van der Waals surface area contributed by atoms with Gasteiger partial charge in [-0.05, 0) is 45.3 Å². The minimum absolute atomic E-state index is 0.221. The lowest BCUT2D eigenvalue weighted by molar-refractivity contribution is 0.0978. The van der Waals surface area contributed by atoms with E-state index in [1.165, 1.54) is 25.7 Å². The number of benzene rings is 1. The predicted molar refractivity (Wildman–Crippen MR) is 79.1 cm³/mol. The molecule has 0 heterocycles. The van der Waals surface area contributed by atoms with E-state index in [2.05, 4.69) is 18.9 Å². The normalized spacial score (nSPS) is 25.5. The Morgan fingerprint density at radius 3 is 2.68 bits per heavy atom. The summed E-state index contributed by atoms with van der Waals surface area (Å²) in [7, 11) is 2.16. The van der Waals surface area contributed by atoms with Crippen molar-refractivity contribution in [2.24, 2.45) is 11.7 Å². The van der Waals surface area contributed by atoms with Crippen molar-refractivity contribution in [3.8, 4) is 5.75 Å². The first kappa shape index (κ1) is 14.4. The zero-order chi connectivity index (χ0) is 13.8. The van der Waals surface area contributed by atoms with Gasteiger partial charge in [0, 0.05) is 17.6 Å². The molecule has 0 radical (unpaired) electrons. The molecule has 1 aliphatic carbocycles. The third-order valence-corrected chi connectivity index (χ3v) is 4.69. The Labute approximate surface area is 116 Å². The highest BCUT2D eigenvalue weighted by Gasteiger charge is 2.30. The summed E-state index contributed by atoms with van der Waals surface area (Å²) in [6, 6.07) is 8.39. The maximum Gasteiger partial charge on any atom is 0.120 e. The van der Waals surface area contributed by atoms with E-state index in [0.29, 0.717) is 17.7 Å². The summed E-state index contributed by atoms with van der Waals surface area (Å²) < 4.78 is 0. The SMILES string of the molecule is CC(c1ccccc1O)N(C)C1CCCCC1CN. The number of nitrogens with zero attached hydrogens (tertiary/aromatic N) is 1. The van der Waals surface area contributed by atoms with Crippen molar-refractivity contribution in [2.75, 3.05) is 13.6 Å². The first-order valence-electron chi connectivity index (χ1n) is 7.35. The molecule has 3 unspecified atom stereocenters. The zero-order valence-electron chi connectivity index (χ0n) is 12.0. The van der Waals surface area contributed by atoms with Crippen LogP contribution in [0.1, 0.15) is 44.2 Å². The van der Waals surface area contributed by atoms with Crippen LogP contribution in [0.5, 0.6) is 5.75 Å². The minimum atomic E-state index is 0.221. The van der Waals surface area contributed by atoms with E-state index in [4.69, 9.17) is 5.73 Å². The van der Waals surface area contributed by atoms with E-state index >= 15 is 0 Å². The van der Waals surface area contributed by atoms with Crippen LogP contribution in [0.15, 0.2) is 24.3 Å². The molecule has 1 aromatic rings. The summed E-state index contributed by atoms with van der Waals surface area (Å²) in [5.41, 5.74) is 6.93. The molecule has 3 heteroatoms. The van der Waals surface area contributed by atoms with Gasteiger partial charge in [0.2, 0.25) is 0 Å². The Bertz CT molecular complexity index is 407. The van der Waals surface area contributed by atoms with E-state index in [9.17, 15) is 5.11 Å². The molecule has 1 saturated carbocycles. The average molecular weight is 262 g/mol. The van der Waals surface area contributed by atoms with Crippen LogP contribution in [-0.2, 0) is 0 Å². The van der Waals surface area contributed by atoms with Crippen molar-refractivity contribution < 1.29 is 5.11 Å². The third kappa shape index (κ3) is 3.10. The van der Waals surface area contributed by atoms with Crippen LogP contribution in [0.2, 0.25) is 0 Å². The first-order valence-corrected chi connectivity index (χ1v) is 7.35. The van der Waals surface area contributed by atoms with Crippen LogP contribution in [0.3, 0.4) is 0 Å². The summed E-state index contributed by atoms with van der Waals surface area (Å²) in [6.07, 6.45) is 5.05. The van der Waals surface area contributed by atoms with Gasteiger partial charge < -0.3 is 10.8 Å². The summed E-state index contributed by atoms with van der Waals surface area (Å²) in [4.78, 5) is 2.39. The van der Waals surface area contributed by atoms with Crippen LogP contribution in [0.25, 0.3) is 0 Å². The fraction of sp³-hybridized carbons (Fsp3) is 0.625. The van der Waals surface area contributed by atoms with Crippen LogP contribution in [0, 0.1) is 5.92 Å². The minimum Gasteiger partial charge on any atom is -0.508 e. The second-order valence-electron chi connectivity index (χ2n) is 5.75. The van der Waals surface area contributed by atoms with Gasteiger partial charge in [-0.15, -0.1) is 0 Å². The van der Waals surface area contributed by atoms with Crippen LogP contribution in [-0.4, -0.2) is 29.6 Å². The number of aromatic hydroxyl groups is 1. The molecule has 2 rings (SSSR count). The molecule has 0 aliphatic heterocycles. The van der Waals surface area contributed by atoms with Gasteiger partial charge >= 0.3 is 0 Å². The number of nitrogens with two attached hydrogens (primary N) is 1. The fourth-order valence-electron chi connectivity index (χ4n) is 3.35. The molecule has 0 saturated heterocycles. The molecule has 3 nitrogen and oxygen atoms in total. The van der Waals surface area contributed by atoms with Crippen molar-refractivity contribution in [1.82, 2.24) is 4.90 Å². The highest BCUT2D eigenvalue weighted by atomic mass is 16.3. The Hall–Kier alpha value is -1.06. The van der Waals surface area contributed by atoms with Gasteiger partial charge in [0.25, 0.3) is 0 Å². The lowest BCUT2D eigenvalue weighted by Gasteiger charge is -2.40. The number of phenols is 1. The van der Waals surface area contributed by atoms with Gasteiger partial charge in [0.15, 0.2) is 0 Å². The summed E-state index contributed by atoms with van der Waals surface area (Å²) >= 11 is 0. The molecule has 1 aliphatic rings. The van der Waals surface area contributed by atoms with Gasteiger partial charge in [-0.2, -0.15) is 0 Å². The van der Waals surface area contributed by atoms with Crippen molar-refractivity contribution in [3.05, 3.63) is 29.8 Å². The first-order chi connectivity index (χ1) is 9.15. The van der Waals surface area contributed by atoms with Gasteiger partial charge in [-0.25, -0.2) is 0 Å². The Balaban J connectivity index is 2.14. The summed E-state index contributed by atoms with van der Waals surface area (Å²) in [6.45, 7) is 2.93. The number of hydrogen-bond donors (Lipinski definition) is 2. The third-order valence-electron chi connectivity index (χ3n) is 4.69. The smallest absolute Gasteiger partial charge is 0.120 e. The van der Waals surface area contributed by atoms with Gasteiger partial charge in [-0.1, -0.05) is 31.0 Å². The maximum atomic E-state index is 10.00. The quantitative estimate of drug-likeness (QED) is 0.877. The molecule has 3 N–H and O–H groups in total. The van der Waals surface area contributed by atoms with E-state index < -0.39 is 0 Å². The highest BCUT2D eigenvalue weighted by molar-refractivity contribution is 5.34. The van der Waals surface area contributed by atoms with Crippen molar-refractivity contribution in [2.45, 2.75) is 44.7 Å². The molecule has 3 atom stereocenters. The van der Waals surface area contributed by atoms with Gasteiger partial charge in [0.1, 0.15) is 5.75 Å². The number of para-hydroxylation sites is 1. The van der Waals surface area contributed by atoms with E-state index in [1.807, 2.05) is 18.2 Å². The number of hydrogen-bond acceptors (Lipinski definition) is 3. The van der Waals surface area contributed by atoms with E-state index in [1.54, 1.807) is 6.07 Å². The largest absolute Gasteiger partial charge is 0.508 e. The molecule has 0 aromatic heterocycles. The molecule has 0 amide bonds. The van der Waals surface area contributed by atoms with E-state index in [-0.39, 0.29) is 6.04 Å². The number of phenolic OH excluding ortho intramolecular Hbond substituents is 1. The molecular formula is C16H26N2O. The molecular weight excluding hydrogens is 236 g/mol. The van der Waals surface area contributed by atoms with Crippen molar-refractivity contribution in [1.29, 1.82) is 0 Å². The Morgan fingerprint density at radius 1 is 1.32 bits per heavy atom. The predicted octanol–water partition coefficient (Wildman–Crippen LogP) is 2.90. The summed E-state index contributed by atoms with van der Waals surface area (Å²) in [5, 5.41) is 10.00. The Morgan fingerprint density at radius 2 is 2.00 bits per heavy atom. The van der Waals surface area contributed by atoms with Crippen molar-refractivity contribution >= 4 is 0 Å². The maximum absolute atomic E-state index is 10.00. The molecule has 0 bridgehead atoms. The fourth-order valence-corrected chi connectivity index (χ4v) is 3.35. The van der Waals surface area contributed by atoms with Crippen LogP contribution < -0.4 is 5.73 Å². The molecule has 0 spiro atoms. The van der Waals surface area contributed by atoms with Crippen LogP contribution in [0.4, 0.5) is 0 Å². The molecule has 1 fully saturated rings. The molecule has 19 heavy (non-hydrogen) atoms. The second kappa shape index (κ2) is 6.40. The van der Waals surface area contributed by atoms with Gasteiger partial charge in [-0.3, -0.25) is 4.90 Å². The second-order valence-corrected chi connectivity index (χ2v) is 5.75. The summed E-state index contributed by atoms with van der Waals surface area (Å²) in [5.74, 6) is 0.981. The lowest BCUT2D eigenvalue weighted by atomic mass is 9.83. The molecule has 1 aromatic carbocycles. The average Bonchev–Trinajstić information content (AvgIpc) is 2.46. The van der Waals surface area contributed by atoms with Crippen molar-refractivity contribution in [3.63, 3.8) is 0 Å².